The summed E-state index contributed by atoms with van der Waals surface area (Å²) in [6, 6.07) is 20.8. The second kappa shape index (κ2) is 9.76. The number of nitrogens with two attached hydrogens (primary N) is 2. The van der Waals surface area contributed by atoms with Gasteiger partial charge in [0.05, 0.1) is 24.4 Å². The number of carbonyl (C=O) groups is 1. The Balaban J connectivity index is 1.48. The van der Waals surface area contributed by atoms with E-state index in [2.05, 4.69) is 20.3 Å². The predicted octanol–water partition coefficient (Wildman–Crippen LogP) is 4.80. The van der Waals surface area contributed by atoms with E-state index in [1.165, 1.54) is 13.2 Å². The van der Waals surface area contributed by atoms with Crippen LogP contribution in [0.3, 0.4) is 0 Å². The molecule has 0 saturated carbocycles. The van der Waals surface area contributed by atoms with Crippen molar-refractivity contribution in [2.45, 2.75) is 0 Å². The van der Waals surface area contributed by atoms with Gasteiger partial charge in [0.15, 0.2) is 17.3 Å². The highest BCUT2D eigenvalue weighted by molar-refractivity contribution is 5.96. The molecule has 12 heteroatoms. The predicted molar refractivity (Wildman–Crippen MR) is 146 cm³/mol. The molecule has 3 aromatic carbocycles. The van der Waals surface area contributed by atoms with E-state index in [0.29, 0.717) is 56.7 Å². The van der Waals surface area contributed by atoms with Crippen molar-refractivity contribution < 1.29 is 24.0 Å². The number of nitrogens with zero attached hydrogens (tertiary/aromatic N) is 5. The molecule has 0 aliphatic rings. The Morgan fingerprint density at radius 2 is 1.80 bits per heavy atom. The number of carboxylic acids is 1. The summed E-state index contributed by atoms with van der Waals surface area (Å²) in [4.78, 5) is 20.9. The Morgan fingerprint density at radius 1 is 0.975 bits per heavy atom. The molecule has 0 atom stereocenters. The molecule has 3 heterocycles. The minimum Gasteiger partial charge on any atom is -0.497 e. The first-order valence-corrected chi connectivity index (χ1v) is 11.9. The molecule has 5 N–H and O–H groups in total. The van der Waals surface area contributed by atoms with Crippen LogP contribution in [-0.2, 0) is 0 Å². The number of hydrogen-bond acceptors (Lipinski definition) is 10. The first kappa shape index (κ1) is 24.4. The number of pyridine rings is 1. The van der Waals surface area contributed by atoms with E-state index in [1.54, 1.807) is 48.7 Å². The van der Waals surface area contributed by atoms with Gasteiger partial charge in [-0.2, -0.15) is 0 Å². The highest BCUT2D eigenvalue weighted by Gasteiger charge is 2.22. The number of rotatable bonds is 7. The SMILES string of the molecule is COc1ccc(C(=O)O)c(-c2ccc(-n3c(-c4nonc4N)nc4cnc(Oc5cccc(N)c5)cc43)cc2)c1. The first-order valence-electron chi connectivity index (χ1n) is 11.9. The molecule has 6 aromatic rings. The third-order valence-electron chi connectivity index (χ3n) is 6.22. The van der Waals surface area contributed by atoms with Crippen LogP contribution in [0.25, 0.3) is 39.4 Å². The summed E-state index contributed by atoms with van der Waals surface area (Å²) in [5.74, 6) is 0.785. The molecule has 0 saturated heterocycles. The second-order valence-corrected chi connectivity index (χ2v) is 8.72. The fraction of sp³-hybridized carbons (Fsp3) is 0.0357. The maximum atomic E-state index is 11.9. The summed E-state index contributed by atoms with van der Waals surface area (Å²) in [6.07, 6.45) is 1.57. The minimum absolute atomic E-state index is 0.0693. The van der Waals surface area contributed by atoms with E-state index in [4.69, 9.17) is 25.6 Å². The van der Waals surface area contributed by atoms with Crippen LogP contribution < -0.4 is 20.9 Å². The minimum atomic E-state index is -1.04. The van der Waals surface area contributed by atoms with E-state index in [-0.39, 0.29) is 17.1 Å². The summed E-state index contributed by atoms with van der Waals surface area (Å²) in [5, 5.41) is 17.4. The van der Waals surface area contributed by atoms with Crippen LogP contribution >= 0.6 is 0 Å². The van der Waals surface area contributed by atoms with E-state index < -0.39 is 5.97 Å². The lowest BCUT2D eigenvalue weighted by molar-refractivity contribution is 0.0697. The number of aromatic carboxylic acids is 1. The summed E-state index contributed by atoms with van der Waals surface area (Å²) < 4.78 is 17.9. The van der Waals surface area contributed by atoms with Crippen LogP contribution in [0.2, 0.25) is 0 Å². The van der Waals surface area contributed by atoms with E-state index in [9.17, 15) is 9.90 Å². The van der Waals surface area contributed by atoms with Gasteiger partial charge in [0.1, 0.15) is 17.0 Å². The van der Waals surface area contributed by atoms with Gasteiger partial charge in [-0.1, -0.05) is 18.2 Å². The van der Waals surface area contributed by atoms with Gasteiger partial charge in [-0.05, 0) is 63.9 Å². The molecular weight excluding hydrogens is 514 g/mol. The summed E-state index contributed by atoms with van der Waals surface area (Å²) in [7, 11) is 1.53. The monoisotopic (exact) mass is 535 g/mol. The van der Waals surface area contributed by atoms with Crippen molar-refractivity contribution in [3.63, 3.8) is 0 Å². The molecule has 0 amide bonds. The van der Waals surface area contributed by atoms with Crippen molar-refractivity contribution in [3.8, 4) is 45.7 Å². The highest BCUT2D eigenvalue weighted by atomic mass is 16.6. The lowest BCUT2D eigenvalue weighted by atomic mass is 9.99. The number of carboxylic acid groups (broad SMARTS) is 1. The molecule has 0 fully saturated rings. The second-order valence-electron chi connectivity index (χ2n) is 8.72. The molecular formula is C28H21N7O5. The highest BCUT2D eigenvalue weighted by Crippen LogP contribution is 2.34. The average molecular weight is 536 g/mol. The maximum absolute atomic E-state index is 11.9. The fourth-order valence-corrected chi connectivity index (χ4v) is 4.35. The molecule has 0 unspecified atom stereocenters. The normalized spacial score (nSPS) is 11.0. The molecule has 0 aliphatic carbocycles. The number of ether oxygens (including phenoxy) is 2. The Bertz CT molecular complexity index is 1880. The first-order chi connectivity index (χ1) is 19.4. The van der Waals surface area contributed by atoms with Crippen molar-refractivity contribution in [1.82, 2.24) is 24.8 Å². The lowest BCUT2D eigenvalue weighted by Gasteiger charge is -2.12. The van der Waals surface area contributed by atoms with E-state index >= 15 is 0 Å². The zero-order valence-electron chi connectivity index (χ0n) is 21.0. The van der Waals surface area contributed by atoms with Gasteiger partial charge < -0.3 is 26.0 Å². The standard InChI is InChI=1S/C28H21N7O5/c1-38-18-9-10-20(28(36)37)21(12-18)15-5-7-17(8-6-15)35-23-13-24(39-19-4-2-3-16(29)11-19)31-14-22(23)32-27(35)25-26(30)34-40-33-25/h2-14H,29H2,1H3,(H2,30,34)(H,36,37). The largest absolute Gasteiger partial charge is 0.497 e. The smallest absolute Gasteiger partial charge is 0.336 e. The molecule has 0 spiro atoms. The molecule has 0 bridgehead atoms. The van der Waals surface area contributed by atoms with Crippen molar-refractivity contribution >= 4 is 28.5 Å². The molecule has 198 valence electrons. The zero-order chi connectivity index (χ0) is 27.8. The number of aromatic nitrogens is 5. The molecule has 3 aromatic heterocycles. The van der Waals surface area contributed by atoms with Crippen LogP contribution in [-0.4, -0.2) is 43.0 Å². The molecule has 12 nitrogen and oxygen atoms in total. The zero-order valence-corrected chi connectivity index (χ0v) is 21.0. The number of fused-ring (bicyclic) bond motifs is 1. The van der Waals surface area contributed by atoms with E-state index in [0.717, 1.165) is 0 Å². The van der Waals surface area contributed by atoms with Crippen LogP contribution in [0.4, 0.5) is 11.5 Å². The fourth-order valence-electron chi connectivity index (χ4n) is 4.35. The number of hydrogen-bond donors (Lipinski definition) is 3. The Hall–Kier alpha value is -5.91. The Kier molecular flexibility index (Phi) is 5.96. The maximum Gasteiger partial charge on any atom is 0.336 e. The third-order valence-corrected chi connectivity index (χ3v) is 6.22. The Labute approximate surface area is 226 Å². The van der Waals surface area contributed by atoms with Crippen molar-refractivity contribution in [3.05, 3.63) is 84.6 Å². The van der Waals surface area contributed by atoms with Gasteiger partial charge in [-0.3, -0.25) is 4.57 Å². The van der Waals surface area contributed by atoms with Gasteiger partial charge in [0, 0.05) is 23.5 Å². The molecule has 0 aliphatic heterocycles. The third kappa shape index (κ3) is 4.39. The van der Waals surface area contributed by atoms with E-state index in [1.807, 2.05) is 28.8 Å². The van der Waals surface area contributed by atoms with Gasteiger partial charge >= 0.3 is 5.97 Å². The number of benzene rings is 3. The van der Waals surface area contributed by atoms with Crippen molar-refractivity contribution in [1.29, 1.82) is 0 Å². The summed E-state index contributed by atoms with van der Waals surface area (Å²) in [6.45, 7) is 0. The molecule has 6 rings (SSSR count). The van der Waals surface area contributed by atoms with Gasteiger partial charge in [0.25, 0.3) is 0 Å². The number of anilines is 2. The number of nitrogen functional groups attached to an aromatic ring is 2. The van der Waals surface area contributed by atoms with Crippen LogP contribution in [0.1, 0.15) is 10.4 Å². The van der Waals surface area contributed by atoms with Gasteiger partial charge in [-0.15, -0.1) is 0 Å². The lowest BCUT2D eigenvalue weighted by Crippen LogP contribution is -2.02. The van der Waals surface area contributed by atoms with Crippen LogP contribution in [0.15, 0.2) is 83.6 Å². The van der Waals surface area contributed by atoms with Gasteiger partial charge in [0.2, 0.25) is 5.88 Å². The van der Waals surface area contributed by atoms with Gasteiger partial charge in [-0.25, -0.2) is 19.4 Å². The molecule has 40 heavy (non-hydrogen) atoms. The Morgan fingerprint density at radius 3 is 2.50 bits per heavy atom. The van der Waals surface area contributed by atoms with Crippen LogP contribution in [0, 0.1) is 0 Å². The van der Waals surface area contributed by atoms with Crippen molar-refractivity contribution in [2.24, 2.45) is 0 Å². The topological polar surface area (TPSA) is 177 Å². The summed E-state index contributed by atoms with van der Waals surface area (Å²) in [5.41, 5.74) is 15.9. The average Bonchev–Trinajstić information content (AvgIpc) is 3.55. The van der Waals surface area contributed by atoms with Crippen LogP contribution in [0.5, 0.6) is 17.4 Å². The summed E-state index contributed by atoms with van der Waals surface area (Å²) >= 11 is 0. The number of methoxy groups -OCH3 is 1. The quantitative estimate of drug-likeness (QED) is 0.239. The molecule has 0 radical (unpaired) electrons. The number of imidazole rings is 1. The van der Waals surface area contributed by atoms with Crippen molar-refractivity contribution in [2.75, 3.05) is 18.6 Å².